The number of rotatable bonds is 4. The molecule has 1 heterocycles. The predicted octanol–water partition coefficient (Wildman–Crippen LogP) is 4.08. The highest BCUT2D eigenvalue weighted by molar-refractivity contribution is 5.45. The third kappa shape index (κ3) is 3.08. The zero-order valence-corrected chi connectivity index (χ0v) is 13.7. The number of benzene rings is 1. The Morgan fingerprint density at radius 2 is 1.82 bits per heavy atom. The molecule has 1 aromatic rings. The number of anilines is 1. The van der Waals surface area contributed by atoms with Crippen molar-refractivity contribution in [2.75, 3.05) is 25.0 Å². The van der Waals surface area contributed by atoms with Crippen molar-refractivity contribution >= 4 is 5.69 Å². The van der Waals surface area contributed by atoms with E-state index in [2.05, 4.69) is 53.6 Å². The fraction of sp³-hybridized carbons (Fsp3) is 0.600. The van der Waals surface area contributed by atoms with Gasteiger partial charge >= 0.3 is 0 Å². The highest BCUT2D eigenvalue weighted by Crippen LogP contribution is 2.43. The van der Waals surface area contributed by atoms with Crippen LogP contribution >= 0.6 is 0 Å². The number of piperidine rings is 1. The lowest BCUT2D eigenvalue weighted by atomic mass is 9.92. The van der Waals surface area contributed by atoms with Gasteiger partial charge in [0.2, 0.25) is 0 Å². The smallest absolute Gasteiger partial charge is 0.0342 e. The van der Waals surface area contributed by atoms with Crippen molar-refractivity contribution in [2.45, 2.75) is 38.6 Å². The minimum Gasteiger partial charge on any atom is -0.382 e. The number of hydrogen-bond donors (Lipinski definition) is 1. The van der Waals surface area contributed by atoms with Gasteiger partial charge in [-0.25, -0.2) is 0 Å². The van der Waals surface area contributed by atoms with Crippen LogP contribution in [0, 0.1) is 24.7 Å². The van der Waals surface area contributed by atoms with Gasteiger partial charge in [0.15, 0.2) is 0 Å². The zero-order valence-electron chi connectivity index (χ0n) is 13.7. The number of aryl methyl sites for hydroxylation is 1. The van der Waals surface area contributed by atoms with E-state index >= 15 is 0 Å². The molecule has 1 saturated carbocycles. The van der Waals surface area contributed by atoms with Gasteiger partial charge in [0.25, 0.3) is 0 Å². The second kappa shape index (κ2) is 6.08. The highest BCUT2D eigenvalue weighted by atomic mass is 15.1. The summed E-state index contributed by atoms with van der Waals surface area (Å²) in [6, 6.07) is 9.46. The maximum Gasteiger partial charge on any atom is 0.0342 e. The molecule has 3 unspecified atom stereocenters. The van der Waals surface area contributed by atoms with E-state index in [4.69, 9.17) is 0 Å². The van der Waals surface area contributed by atoms with Gasteiger partial charge in [-0.3, -0.25) is 0 Å². The standard InChI is InChI=1S/C20H28N2/c1-15-2-6-19(7-3-15)21-20-8-10-22(11-9-20)14-18-13-16-4-5-17(18)12-16/h2-7,16-18,20-21H,8-14H2,1H3. The fourth-order valence-electron chi connectivity index (χ4n) is 4.58. The Morgan fingerprint density at radius 1 is 1.05 bits per heavy atom. The Morgan fingerprint density at radius 3 is 2.45 bits per heavy atom. The van der Waals surface area contributed by atoms with E-state index in [1.165, 1.54) is 56.6 Å². The third-order valence-electron chi connectivity index (χ3n) is 5.92. The Labute approximate surface area is 134 Å². The van der Waals surface area contributed by atoms with Crippen LogP contribution in [0.1, 0.15) is 31.2 Å². The van der Waals surface area contributed by atoms with Crippen molar-refractivity contribution in [3.8, 4) is 0 Å². The van der Waals surface area contributed by atoms with Crippen molar-refractivity contribution in [3.63, 3.8) is 0 Å². The normalized spacial score (nSPS) is 31.8. The van der Waals surface area contributed by atoms with Gasteiger partial charge < -0.3 is 10.2 Å². The van der Waals surface area contributed by atoms with Crippen LogP contribution in [0.5, 0.6) is 0 Å². The maximum atomic E-state index is 3.71. The Balaban J connectivity index is 1.24. The summed E-state index contributed by atoms with van der Waals surface area (Å²) >= 11 is 0. The van der Waals surface area contributed by atoms with E-state index in [1.807, 2.05) is 0 Å². The average Bonchev–Trinajstić information content (AvgIpc) is 3.14. The van der Waals surface area contributed by atoms with Crippen LogP contribution in [0.2, 0.25) is 0 Å². The van der Waals surface area contributed by atoms with Crippen molar-refractivity contribution < 1.29 is 0 Å². The van der Waals surface area contributed by atoms with Crippen molar-refractivity contribution in [3.05, 3.63) is 42.0 Å². The molecule has 3 atom stereocenters. The van der Waals surface area contributed by atoms with Crippen molar-refractivity contribution in [1.29, 1.82) is 0 Å². The molecule has 4 rings (SSSR count). The monoisotopic (exact) mass is 296 g/mol. The first-order valence-electron chi connectivity index (χ1n) is 9.00. The predicted molar refractivity (Wildman–Crippen MR) is 93.1 cm³/mol. The van der Waals surface area contributed by atoms with Gasteiger partial charge in [0.05, 0.1) is 0 Å². The number of likely N-dealkylation sites (tertiary alicyclic amines) is 1. The molecule has 1 aliphatic heterocycles. The van der Waals surface area contributed by atoms with Crippen molar-refractivity contribution in [2.24, 2.45) is 17.8 Å². The number of fused-ring (bicyclic) bond motifs is 2. The van der Waals surface area contributed by atoms with E-state index in [1.54, 1.807) is 0 Å². The topological polar surface area (TPSA) is 15.3 Å². The van der Waals surface area contributed by atoms with E-state index in [9.17, 15) is 0 Å². The minimum atomic E-state index is 0.652. The summed E-state index contributed by atoms with van der Waals surface area (Å²) in [5.74, 6) is 2.75. The third-order valence-corrected chi connectivity index (χ3v) is 5.92. The van der Waals surface area contributed by atoms with Crippen LogP contribution in [-0.2, 0) is 0 Å². The van der Waals surface area contributed by atoms with E-state index in [0.29, 0.717) is 6.04 Å². The largest absolute Gasteiger partial charge is 0.382 e. The Hall–Kier alpha value is -1.28. The molecule has 3 aliphatic rings. The average molecular weight is 296 g/mol. The molecule has 2 heteroatoms. The number of allylic oxidation sites excluding steroid dienone is 2. The molecule has 2 nitrogen and oxygen atoms in total. The van der Waals surface area contributed by atoms with Gasteiger partial charge in [-0.1, -0.05) is 29.8 Å². The molecule has 2 fully saturated rings. The van der Waals surface area contributed by atoms with Crippen LogP contribution in [0.3, 0.4) is 0 Å². The van der Waals surface area contributed by atoms with Crippen LogP contribution in [0.25, 0.3) is 0 Å². The SMILES string of the molecule is Cc1ccc(NC2CCN(CC3CC4C=CC3C4)CC2)cc1. The number of nitrogens with zero attached hydrogens (tertiary/aromatic N) is 1. The van der Waals surface area contributed by atoms with Gasteiger partial charge in [0.1, 0.15) is 0 Å². The molecule has 0 spiro atoms. The molecule has 118 valence electrons. The lowest BCUT2D eigenvalue weighted by Crippen LogP contribution is -2.41. The first-order valence-corrected chi connectivity index (χ1v) is 9.00. The maximum absolute atomic E-state index is 3.71. The summed E-state index contributed by atoms with van der Waals surface area (Å²) in [4.78, 5) is 2.71. The first kappa shape index (κ1) is 14.3. The molecule has 0 radical (unpaired) electrons. The molecule has 0 aromatic heterocycles. The van der Waals surface area contributed by atoms with Gasteiger partial charge in [-0.2, -0.15) is 0 Å². The summed E-state index contributed by atoms with van der Waals surface area (Å²) in [5.41, 5.74) is 2.61. The summed E-state index contributed by atoms with van der Waals surface area (Å²) in [6.07, 6.45) is 10.4. The molecule has 22 heavy (non-hydrogen) atoms. The van der Waals surface area contributed by atoms with Crippen LogP contribution in [0.4, 0.5) is 5.69 Å². The Bertz CT molecular complexity index is 525. The molecule has 0 amide bonds. The molecule has 2 aliphatic carbocycles. The molecular weight excluding hydrogens is 268 g/mol. The highest BCUT2D eigenvalue weighted by Gasteiger charge is 2.36. The van der Waals surface area contributed by atoms with Crippen LogP contribution < -0.4 is 5.32 Å². The van der Waals surface area contributed by atoms with E-state index < -0.39 is 0 Å². The van der Waals surface area contributed by atoms with Gasteiger partial charge in [-0.05, 0) is 62.5 Å². The number of hydrogen-bond acceptors (Lipinski definition) is 2. The number of nitrogens with one attached hydrogen (secondary N) is 1. The van der Waals surface area contributed by atoms with Crippen LogP contribution in [0.15, 0.2) is 36.4 Å². The molecule has 2 bridgehead atoms. The lowest BCUT2D eigenvalue weighted by molar-refractivity contribution is 0.177. The summed E-state index contributed by atoms with van der Waals surface area (Å²) in [6.45, 7) is 6.01. The quantitative estimate of drug-likeness (QED) is 0.842. The lowest BCUT2D eigenvalue weighted by Gasteiger charge is -2.35. The molecule has 1 saturated heterocycles. The van der Waals surface area contributed by atoms with Crippen molar-refractivity contribution in [1.82, 2.24) is 4.90 Å². The zero-order chi connectivity index (χ0) is 14.9. The fourth-order valence-corrected chi connectivity index (χ4v) is 4.58. The van der Waals surface area contributed by atoms with Crippen LogP contribution in [-0.4, -0.2) is 30.6 Å². The van der Waals surface area contributed by atoms with Gasteiger partial charge in [0, 0.05) is 31.4 Å². The summed E-state index contributed by atoms with van der Waals surface area (Å²) in [5, 5.41) is 3.71. The molecule has 1 aromatic carbocycles. The summed E-state index contributed by atoms with van der Waals surface area (Å²) < 4.78 is 0. The molecule has 1 N–H and O–H groups in total. The van der Waals surface area contributed by atoms with E-state index in [0.717, 1.165) is 17.8 Å². The van der Waals surface area contributed by atoms with Gasteiger partial charge in [-0.15, -0.1) is 0 Å². The molecular formula is C20H28N2. The second-order valence-corrected chi connectivity index (χ2v) is 7.63. The summed E-state index contributed by atoms with van der Waals surface area (Å²) in [7, 11) is 0. The second-order valence-electron chi connectivity index (χ2n) is 7.63. The first-order chi connectivity index (χ1) is 10.8. The van der Waals surface area contributed by atoms with E-state index in [-0.39, 0.29) is 0 Å². The minimum absolute atomic E-state index is 0.652. The Kier molecular flexibility index (Phi) is 3.96.